The minimum Gasteiger partial charge on any atom is -0.483 e. The van der Waals surface area contributed by atoms with Gasteiger partial charge >= 0.3 is 5.97 Å². The normalized spacial score (nSPS) is 13.7. The summed E-state index contributed by atoms with van der Waals surface area (Å²) in [5, 5.41) is 8.86. The van der Waals surface area contributed by atoms with Crippen LogP contribution >= 0.6 is 0 Å². The van der Waals surface area contributed by atoms with Crippen molar-refractivity contribution in [2.75, 3.05) is 13.7 Å². The number of benzene rings is 1. The minimum absolute atomic E-state index is 0.0928. The van der Waals surface area contributed by atoms with Crippen molar-refractivity contribution < 1.29 is 19.4 Å². The van der Waals surface area contributed by atoms with Crippen molar-refractivity contribution in [1.29, 1.82) is 0 Å². The Morgan fingerprint density at radius 3 is 2.76 bits per heavy atom. The van der Waals surface area contributed by atoms with Gasteiger partial charge in [0.2, 0.25) is 0 Å². The molecule has 0 aromatic heterocycles. The Kier molecular flexibility index (Phi) is 4.98. The number of aliphatic carboxylic acids is 1. The maximum Gasteiger partial charge on any atom is 0.307 e. The van der Waals surface area contributed by atoms with E-state index in [1.165, 1.54) is 0 Å². The van der Waals surface area contributed by atoms with Crippen LogP contribution in [0.5, 0.6) is 5.75 Å². The highest BCUT2D eigenvalue weighted by atomic mass is 16.5. The number of hydrogen-bond donors (Lipinski definition) is 1. The monoisotopic (exact) mass is 289 g/mol. The predicted octanol–water partition coefficient (Wildman–Crippen LogP) is 2.22. The number of carboxylic acids is 1. The molecule has 0 saturated carbocycles. The lowest BCUT2D eigenvalue weighted by Crippen LogP contribution is -2.30. The second kappa shape index (κ2) is 6.92. The molecule has 1 aromatic rings. The first-order chi connectivity index (χ1) is 10.1. The molecule has 0 bridgehead atoms. The number of carbonyl (C=O) groups excluding carboxylic acids is 1. The number of amides is 1. The smallest absolute Gasteiger partial charge is 0.307 e. The zero-order valence-corrected chi connectivity index (χ0v) is 12.0. The first-order valence-corrected chi connectivity index (χ1v) is 6.96. The molecular weight excluding hydrogens is 270 g/mol. The van der Waals surface area contributed by atoms with Crippen LogP contribution in [0.25, 0.3) is 0 Å². The Hall–Kier alpha value is -2.30. The standard InChI is InChI=1S/C16H19NO4/c1-17(13-7-3-4-8-13)15(18)11-21-14-9-5-2-6-12(14)10-16(19)20/h2,5-7,9H,3-4,8,10-11H2,1H3,(H,19,20). The summed E-state index contributed by atoms with van der Waals surface area (Å²) in [5.74, 6) is -0.610. The molecule has 1 amide bonds. The third kappa shape index (κ3) is 4.08. The van der Waals surface area contributed by atoms with E-state index in [0.29, 0.717) is 11.3 Å². The van der Waals surface area contributed by atoms with Crippen LogP contribution in [0.2, 0.25) is 0 Å². The molecule has 1 aliphatic rings. The Bertz CT molecular complexity index is 565. The molecule has 5 heteroatoms. The van der Waals surface area contributed by atoms with Crippen LogP contribution in [-0.4, -0.2) is 35.5 Å². The van der Waals surface area contributed by atoms with Gasteiger partial charge in [0.25, 0.3) is 5.91 Å². The third-order valence-electron chi connectivity index (χ3n) is 3.49. The zero-order valence-electron chi connectivity index (χ0n) is 12.0. The van der Waals surface area contributed by atoms with Crippen LogP contribution < -0.4 is 4.74 Å². The lowest BCUT2D eigenvalue weighted by atomic mass is 10.1. The SMILES string of the molecule is CN(C(=O)COc1ccccc1CC(=O)O)C1=CCCC1. The molecule has 0 atom stereocenters. The van der Waals surface area contributed by atoms with Crippen LogP contribution in [0.15, 0.2) is 36.0 Å². The van der Waals surface area contributed by atoms with Crippen molar-refractivity contribution in [3.05, 3.63) is 41.6 Å². The summed E-state index contributed by atoms with van der Waals surface area (Å²) in [7, 11) is 1.74. The highest BCUT2D eigenvalue weighted by molar-refractivity contribution is 5.79. The van der Waals surface area contributed by atoms with Crippen molar-refractivity contribution in [3.63, 3.8) is 0 Å². The molecule has 0 aliphatic heterocycles. The quantitative estimate of drug-likeness (QED) is 0.872. The van der Waals surface area contributed by atoms with Gasteiger partial charge in [-0.2, -0.15) is 0 Å². The number of carboxylic acid groups (broad SMARTS) is 1. The Balaban J connectivity index is 1.96. The zero-order chi connectivity index (χ0) is 15.2. The second-order valence-electron chi connectivity index (χ2n) is 5.01. The van der Waals surface area contributed by atoms with E-state index in [-0.39, 0.29) is 18.9 Å². The number of para-hydroxylation sites is 1. The summed E-state index contributed by atoms with van der Waals surface area (Å²) in [4.78, 5) is 24.5. The van der Waals surface area contributed by atoms with Crippen LogP contribution in [0.1, 0.15) is 24.8 Å². The molecule has 21 heavy (non-hydrogen) atoms. The molecule has 1 aliphatic carbocycles. The average Bonchev–Trinajstić information content (AvgIpc) is 2.98. The van der Waals surface area contributed by atoms with E-state index >= 15 is 0 Å². The largest absolute Gasteiger partial charge is 0.483 e. The van der Waals surface area contributed by atoms with Gasteiger partial charge in [-0.25, -0.2) is 0 Å². The molecule has 0 heterocycles. The summed E-state index contributed by atoms with van der Waals surface area (Å²) in [6.45, 7) is -0.0928. The number of hydrogen-bond acceptors (Lipinski definition) is 3. The summed E-state index contributed by atoms with van der Waals surface area (Å²) in [6.07, 6.45) is 4.95. The van der Waals surface area contributed by atoms with E-state index in [4.69, 9.17) is 9.84 Å². The predicted molar refractivity (Wildman–Crippen MR) is 78.0 cm³/mol. The molecule has 0 radical (unpaired) electrons. The summed E-state index contributed by atoms with van der Waals surface area (Å²) >= 11 is 0. The fraction of sp³-hybridized carbons (Fsp3) is 0.375. The number of nitrogens with zero attached hydrogens (tertiary/aromatic N) is 1. The fourth-order valence-electron chi connectivity index (χ4n) is 2.31. The van der Waals surface area contributed by atoms with Gasteiger partial charge in [0.05, 0.1) is 6.42 Å². The van der Waals surface area contributed by atoms with Crippen LogP contribution in [0.3, 0.4) is 0 Å². The lowest BCUT2D eigenvalue weighted by molar-refractivity contribution is -0.136. The maximum atomic E-state index is 12.1. The summed E-state index contributed by atoms with van der Waals surface area (Å²) < 4.78 is 5.50. The van der Waals surface area contributed by atoms with Crippen LogP contribution in [0.4, 0.5) is 0 Å². The van der Waals surface area contributed by atoms with Gasteiger partial charge in [-0.3, -0.25) is 9.59 Å². The van der Waals surface area contributed by atoms with Crippen molar-refractivity contribution in [2.24, 2.45) is 0 Å². The van der Waals surface area contributed by atoms with Gasteiger partial charge in [0.15, 0.2) is 6.61 Å². The average molecular weight is 289 g/mol. The van der Waals surface area contributed by atoms with Gasteiger partial charge in [0, 0.05) is 18.3 Å². The van der Waals surface area contributed by atoms with E-state index in [2.05, 4.69) is 6.08 Å². The Morgan fingerprint density at radius 2 is 2.10 bits per heavy atom. The third-order valence-corrected chi connectivity index (χ3v) is 3.49. The number of rotatable bonds is 6. The van der Waals surface area contributed by atoms with Crippen molar-refractivity contribution >= 4 is 11.9 Å². The van der Waals surface area contributed by atoms with Gasteiger partial charge in [-0.15, -0.1) is 0 Å². The second-order valence-corrected chi connectivity index (χ2v) is 5.01. The highest BCUT2D eigenvalue weighted by Gasteiger charge is 2.17. The Morgan fingerprint density at radius 1 is 1.33 bits per heavy atom. The van der Waals surface area contributed by atoms with Crippen LogP contribution in [-0.2, 0) is 16.0 Å². The highest BCUT2D eigenvalue weighted by Crippen LogP contribution is 2.21. The first-order valence-electron chi connectivity index (χ1n) is 6.96. The topological polar surface area (TPSA) is 66.8 Å². The molecule has 112 valence electrons. The molecule has 1 N–H and O–H groups in total. The van der Waals surface area contributed by atoms with E-state index in [1.807, 2.05) is 0 Å². The molecule has 5 nitrogen and oxygen atoms in total. The Labute approximate surface area is 123 Å². The van der Waals surface area contributed by atoms with Crippen molar-refractivity contribution in [1.82, 2.24) is 4.90 Å². The van der Waals surface area contributed by atoms with Gasteiger partial charge in [-0.1, -0.05) is 24.3 Å². The van der Waals surface area contributed by atoms with E-state index < -0.39 is 5.97 Å². The molecule has 0 spiro atoms. The molecule has 1 aromatic carbocycles. The lowest BCUT2D eigenvalue weighted by Gasteiger charge is -2.19. The van der Waals surface area contributed by atoms with E-state index in [0.717, 1.165) is 25.0 Å². The maximum absolute atomic E-state index is 12.1. The van der Waals surface area contributed by atoms with E-state index in [9.17, 15) is 9.59 Å². The molecule has 0 unspecified atom stereocenters. The van der Waals surface area contributed by atoms with Crippen molar-refractivity contribution in [3.8, 4) is 5.75 Å². The first kappa shape index (κ1) is 15.1. The van der Waals surface area contributed by atoms with Crippen LogP contribution in [0, 0.1) is 0 Å². The molecule has 0 fully saturated rings. The number of allylic oxidation sites excluding steroid dienone is 2. The molecule has 0 saturated heterocycles. The molecule has 2 rings (SSSR count). The number of ether oxygens (including phenoxy) is 1. The number of likely N-dealkylation sites (N-methyl/N-ethyl adjacent to an activating group) is 1. The van der Waals surface area contributed by atoms with Gasteiger partial charge in [0.1, 0.15) is 5.75 Å². The minimum atomic E-state index is -0.925. The fourth-order valence-corrected chi connectivity index (χ4v) is 2.31. The van der Waals surface area contributed by atoms with Gasteiger partial charge in [-0.05, 0) is 25.3 Å². The van der Waals surface area contributed by atoms with Gasteiger partial charge < -0.3 is 14.7 Å². The van der Waals surface area contributed by atoms with Crippen molar-refractivity contribution in [2.45, 2.75) is 25.7 Å². The van der Waals surface area contributed by atoms with E-state index in [1.54, 1.807) is 36.2 Å². The molecular formula is C16H19NO4. The summed E-state index contributed by atoms with van der Waals surface area (Å²) in [6, 6.07) is 6.88. The summed E-state index contributed by atoms with van der Waals surface area (Å²) in [5.41, 5.74) is 1.60. The number of carbonyl (C=O) groups is 2.